The van der Waals surface area contributed by atoms with Gasteiger partial charge in [-0.1, -0.05) is 12.1 Å². The maximum absolute atomic E-state index is 10.8. The second-order valence-electron chi connectivity index (χ2n) is 4.58. The van der Waals surface area contributed by atoms with E-state index in [4.69, 9.17) is 5.11 Å². The lowest BCUT2D eigenvalue weighted by Gasteiger charge is -2.01. The van der Waals surface area contributed by atoms with E-state index in [0.29, 0.717) is 0 Å². The van der Waals surface area contributed by atoms with E-state index < -0.39 is 5.97 Å². The molecule has 0 spiro atoms. The molecule has 1 heterocycles. The Morgan fingerprint density at radius 3 is 2.48 bits per heavy atom. The summed E-state index contributed by atoms with van der Waals surface area (Å²) >= 11 is 0. The smallest absolute Gasteiger partial charge is 0.335 e. The van der Waals surface area contributed by atoms with Crippen LogP contribution in [0.15, 0.2) is 60.9 Å². The molecule has 0 bridgehead atoms. The van der Waals surface area contributed by atoms with E-state index in [1.807, 2.05) is 12.3 Å². The Hall–Kier alpha value is -3.08. The molecule has 0 unspecified atom stereocenters. The third-order valence-corrected chi connectivity index (χ3v) is 3.14. The summed E-state index contributed by atoms with van der Waals surface area (Å²) in [5.74, 6) is -0.756. The van der Waals surface area contributed by atoms with Crippen molar-refractivity contribution >= 4 is 5.97 Å². The number of carbonyl (C=O) groups is 1. The van der Waals surface area contributed by atoms with Gasteiger partial charge in [0.25, 0.3) is 0 Å². The van der Waals surface area contributed by atoms with Gasteiger partial charge in [-0.3, -0.25) is 0 Å². The Morgan fingerprint density at radius 1 is 1.05 bits per heavy atom. The molecule has 0 saturated carbocycles. The third kappa shape index (κ3) is 2.62. The molecule has 0 saturated heterocycles. The normalized spacial score (nSPS) is 10.5. The van der Waals surface area contributed by atoms with Crippen molar-refractivity contribution in [1.82, 2.24) is 9.78 Å². The summed E-state index contributed by atoms with van der Waals surface area (Å²) in [6, 6.07) is 13.4. The van der Waals surface area contributed by atoms with Crippen LogP contribution in [0.5, 0.6) is 5.75 Å². The summed E-state index contributed by atoms with van der Waals surface area (Å²) in [6.45, 7) is 0. The van der Waals surface area contributed by atoms with Gasteiger partial charge in [-0.2, -0.15) is 5.10 Å². The number of carboxylic acid groups (broad SMARTS) is 1. The van der Waals surface area contributed by atoms with Crippen LogP contribution < -0.4 is 0 Å². The SMILES string of the molecule is O=C(O)c1ccc(-n2cc(-c3cccc(O)c3)cn2)cc1. The van der Waals surface area contributed by atoms with Crippen LogP contribution in [0.2, 0.25) is 0 Å². The van der Waals surface area contributed by atoms with Gasteiger partial charge in [0.15, 0.2) is 0 Å². The molecular formula is C16H12N2O3. The molecule has 5 heteroatoms. The van der Waals surface area contributed by atoms with Gasteiger partial charge in [-0.15, -0.1) is 0 Å². The van der Waals surface area contributed by atoms with E-state index in [1.165, 1.54) is 12.1 Å². The van der Waals surface area contributed by atoms with E-state index in [9.17, 15) is 9.90 Å². The van der Waals surface area contributed by atoms with Crippen LogP contribution >= 0.6 is 0 Å². The lowest BCUT2D eigenvalue weighted by Crippen LogP contribution is -1.98. The number of phenolic OH excluding ortho intramolecular Hbond substituents is 1. The van der Waals surface area contributed by atoms with Crippen LogP contribution in [0.3, 0.4) is 0 Å². The first-order valence-corrected chi connectivity index (χ1v) is 6.31. The van der Waals surface area contributed by atoms with Crippen LogP contribution in [-0.4, -0.2) is 26.0 Å². The highest BCUT2D eigenvalue weighted by Crippen LogP contribution is 2.23. The van der Waals surface area contributed by atoms with Crippen molar-refractivity contribution in [2.24, 2.45) is 0 Å². The fourth-order valence-corrected chi connectivity index (χ4v) is 2.06. The van der Waals surface area contributed by atoms with Gasteiger partial charge in [0.05, 0.1) is 17.4 Å². The summed E-state index contributed by atoms with van der Waals surface area (Å²) in [6.07, 6.45) is 3.52. The van der Waals surface area contributed by atoms with Crippen molar-refractivity contribution in [1.29, 1.82) is 0 Å². The highest BCUT2D eigenvalue weighted by Gasteiger charge is 2.06. The lowest BCUT2D eigenvalue weighted by atomic mass is 10.1. The zero-order valence-corrected chi connectivity index (χ0v) is 11.0. The number of hydrogen-bond donors (Lipinski definition) is 2. The summed E-state index contributed by atoms with van der Waals surface area (Å²) in [5, 5.41) is 22.6. The standard InChI is InChI=1S/C16H12N2O3/c19-15-3-1-2-12(8-15)13-9-17-18(10-13)14-6-4-11(5-7-14)16(20)21/h1-10,19H,(H,20,21). The first kappa shape index (κ1) is 12.9. The summed E-state index contributed by atoms with van der Waals surface area (Å²) in [4.78, 5) is 10.8. The molecule has 0 aliphatic carbocycles. The van der Waals surface area contributed by atoms with E-state index in [2.05, 4.69) is 5.10 Å². The molecule has 5 nitrogen and oxygen atoms in total. The maximum atomic E-state index is 10.8. The molecule has 0 aliphatic heterocycles. The number of rotatable bonds is 3. The molecule has 2 N–H and O–H groups in total. The largest absolute Gasteiger partial charge is 0.508 e. The van der Waals surface area contributed by atoms with E-state index in [1.54, 1.807) is 41.2 Å². The predicted octanol–water partition coefficient (Wildman–Crippen LogP) is 2.94. The van der Waals surface area contributed by atoms with E-state index in [0.717, 1.165) is 16.8 Å². The quantitative estimate of drug-likeness (QED) is 0.773. The van der Waals surface area contributed by atoms with Crippen molar-refractivity contribution in [3.05, 3.63) is 66.5 Å². The maximum Gasteiger partial charge on any atom is 0.335 e. The second kappa shape index (κ2) is 5.13. The molecule has 3 aromatic rings. The minimum atomic E-state index is -0.956. The van der Waals surface area contributed by atoms with Crippen molar-refractivity contribution in [3.8, 4) is 22.6 Å². The monoisotopic (exact) mass is 280 g/mol. The van der Waals surface area contributed by atoms with E-state index >= 15 is 0 Å². The fourth-order valence-electron chi connectivity index (χ4n) is 2.06. The number of aromatic nitrogens is 2. The molecule has 0 amide bonds. The summed E-state index contributed by atoms with van der Waals surface area (Å²) in [5.41, 5.74) is 2.74. The Kier molecular flexibility index (Phi) is 3.16. The topological polar surface area (TPSA) is 75.3 Å². The molecule has 0 aliphatic rings. The number of hydrogen-bond acceptors (Lipinski definition) is 3. The van der Waals surface area contributed by atoms with Crippen molar-refractivity contribution in [3.63, 3.8) is 0 Å². The van der Waals surface area contributed by atoms with Crippen LogP contribution in [-0.2, 0) is 0 Å². The van der Waals surface area contributed by atoms with E-state index in [-0.39, 0.29) is 11.3 Å². The molecule has 3 rings (SSSR count). The van der Waals surface area contributed by atoms with Crippen molar-refractivity contribution in [2.75, 3.05) is 0 Å². The number of phenols is 1. The molecule has 0 atom stereocenters. The summed E-state index contributed by atoms with van der Waals surface area (Å²) < 4.78 is 1.66. The molecule has 1 aromatic heterocycles. The number of carboxylic acids is 1. The average molecular weight is 280 g/mol. The molecule has 2 aromatic carbocycles. The van der Waals surface area contributed by atoms with Gasteiger partial charge >= 0.3 is 5.97 Å². The minimum absolute atomic E-state index is 0.200. The van der Waals surface area contributed by atoms with Crippen LogP contribution in [0.25, 0.3) is 16.8 Å². The van der Waals surface area contributed by atoms with Gasteiger partial charge in [0.2, 0.25) is 0 Å². The first-order valence-electron chi connectivity index (χ1n) is 6.31. The molecular weight excluding hydrogens is 268 g/mol. The number of benzene rings is 2. The van der Waals surface area contributed by atoms with Crippen LogP contribution in [0.1, 0.15) is 10.4 Å². The molecule has 0 radical (unpaired) electrons. The van der Waals surface area contributed by atoms with Gasteiger partial charge in [0, 0.05) is 11.8 Å². The van der Waals surface area contributed by atoms with Gasteiger partial charge in [0.1, 0.15) is 5.75 Å². The number of nitrogens with zero attached hydrogens (tertiary/aromatic N) is 2. The highest BCUT2D eigenvalue weighted by atomic mass is 16.4. The first-order chi connectivity index (χ1) is 10.1. The average Bonchev–Trinajstić information content (AvgIpc) is 2.97. The minimum Gasteiger partial charge on any atom is -0.508 e. The Bertz CT molecular complexity index is 791. The Labute approximate surface area is 120 Å². The summed E-state index contributed by atoms with van der Waals surface area (Å²) in [7, 11) is 0. The lowest BCUT2D eigenvalue weighted by molar-refractivity contribution is 0.0697. The fraction of sp³-hybridized carbons (Fsp3) is 0. The van der Waals surface area contributed by atoms with Gasteiger partial charge < -0.3 is 10.2 Å². The Balaban J connectivity index is 1.93. The molecule has 21 heavy (non-hydrogen) atoms. The van der Waals surface area contributed by atoms with Crippen LogP contribution in [0.4, 0.5) is 0 Å². The zero-order chi connectivity index (χ0) is 14.8. The second-order valence-corrected chi connectivity index (χ2v) is 4.58. The molecule has 0 fully saturated rings. The van der Waals surface area contributed by atoms with Crippen molar-refractivity contribution in [2.45, 2.75) is 0 Å². The number of aromatic carboxylic acids is 1. The predicted molar refractivity (Wildman–Crippen MR) is 77.6 cm³/mol. The van der Waals surface area contributed by atoms with Gasteiger partial charge in [-0.05, 0) is 42.0 Å². The molecule has 104 valence electrons. The van der Waals surface area contributed by atoms with Crippen molar-refractivity contribution < 1.29 is 15.0 Å². The highest BCUT2D eigenvalue weighted by molar-refractivity contribution is 5.87. The Morgan fingerprint density at radius 2 is 1.81 bits per heavy atom. The number of aromatic hydroxyl groups is 1. The zero-order valence-electron chi connectivity index (χ0n) is 11.0. The van der Waals surface area contributed by atoms with Crippen LogP contribution in [0, 0.1) is 0 Å². The van der Waals surface area contributed by atoms with Gasteiger partial charge in [-0.25, -0.2) is 9.48 Å². The third-order valence-electron chi connectivity index (χ3n) is 3.14.